The second kappa shape index (κ2) is 16.9. The van der Waals surface area contributed by atoms with E-state index in [1.165, 1.54) is 64.2 Å². The summed E-state index contributed by atoms with van der Waals surface area (Å²) in [6.07, 6.45) is 14.4. The van der Waals surface area contributed by atoms with Gasteiger partial charge in [-0.3, -0.25) is 0 Å². The molecule has 3 heteroatoms. The number of hydrogen-bond acceptors (Lipinski definition) is 3. The van der Waals surface area contributed by atoms with E-state index >= 15 is 0 Å². The fourth-order valence-corrected chi connectivity index (χ4v) is 2.04. The lowest BCUT2D eigenvalue weighted by Crippen LogP contribution is -2.08. The topological polar surface area (TPSA) is 44.3 Å². The largest absolute Gasteiger partial charge is 0.788 e. The summed E-state index contributed by atoms with van der Waals surface area (Å²) in [4.78, 5) is 0. The van der Waals surface area contributed by atoms with Gasteiger partial charge in [-0.2, -0.15) is 0 Å². The molecule has 0 spiro atoms. The fourth-order valence-electron chi connectivity index (χ4n) is 2.04. The summed E-state index contributed by atoms with van der Waals surface area (Å²) in [5, 5.41) is 9.94. The van der Waals surface area contributed by atoms with Crippen molar-refractivity contribution in [1.82, 2.24) is 5.48 Å². The van der Waals surface area contributed by atoms with Gasteiger partial charge in [0, 0.05) is 13.2 Å². The molecule has 0 amide bonds. The van der Waals surface area contributed by atoms with Crippen LogP contribution in [0.2, 0.25) is 0 Å². The van der Waals surface area contributed by atoms with Crippen molar-refractivity contribution in [2.75, 3.05) is 19.8 Å². The van der Waals surface area contributed by atoms with Crippen LogP contribution in [0.25, 0.3) is 0 Å². The van der Waals surface area contributed by atoms with E-state index in [1.807, 2.05) is 5.48 Å². The maximum Gasteiger partial charge on any atom is 0.0477 e. The van der Waals surface area contributed by atoms with Gasteiger partial charge in [0.1, 0.15) is 0 Å². The summed E-state index contributed by atoms with van der Waals surface area (Å²) in [6, 6.07) is 0. The van der Waals surface area contributed by atoms with Crippen molar-refractivity contribution in [2.24, 2.45) is 0 Å². The van der Waals surface area contributed by atoms with E-state index in [2.05, 4.69) is 6.92 Å². The van der Waals surface area contributed by atoms with Crippen molar-refractivity contribution in [2.45, 2.75) is 77.6 Å². The number of hydroxylamine groups is 1. The Morgan fingerprint density at radius 2 is 1.22 bits per heavy atom. The summed E-state index contributed by atoms with van der Waals surface area (Å²) >= 11 is 0. The van der Waals surface area contributed by atoms with Gasteiger partial charge in [0.25, 0.3) is 0 Å². The number of rotatable bonds is 15. The molecule has 0 aromatic heterocycles. The molecule has 0 aromatic rings. The van der Waals surface area contributed by atoms with E-state index in [4.69, 9.17) is 4.74 Å². The van der Waals surface area contributed by atoms with Crippen LogP contribution in [0, 0.1) is 5.21 Å². The van der Waals surface area contributed by atoms with Gasteiger partial charge >= 0.3 is 0 Å². The molecule has 0 aromatic carbocycles. The van der Waals surface area contributed by atoms with E-state index < -0.39 is 0 Å². The average Bonchev–Trinajstić information content (AvgIpc) is 2.39. The molecule has 0 bridgehead atoms. The number of hydrogen-bond donors (Lipinski definition) is 1. The molecule has 0 saturated carbocycles. The minimum absolute atomic E-state index is 0.512. The van der Waals surface area contributed by atoms with Crippen LogP contribution in [-0.2, 0) is 4.74 Å². The highest BCUT2D eigenvalue weighted by Crippen LogP contribution is 2.10. The van der Waals surface area contributed by atoms with Crippen LogP contribution in [0.4, 0.5) is 0 Å². The molecule has 0 saturated heterocycles. The van der Waals surface area contributed by atoms with Crippen LogP contribution in [0.1, 0.15) is 77.6 Å². The van der Waals surface area contributed by atoms with Gasteiger partial charge in [0.2, 0.25) is 0 Å². The first-order valence-electron chi connectivity index (χ1n) is 7.84. The second-order valence-corrected chi connectivity index (χ2v) is 5.04. The maximum absolute atomic E-state index is 9.94. The minimum Gasteiger partial charge on any atom is -0.788 e. The molecule has 0 unspecified atom stereocenters. The number of ether oxygens (including phenoxy) is 1. The molecule has 0 aliphatic carbocycles. The molecule has 0 rings (SSSR count). The lowest BCUT2D eigenvalue weighted by atomic mass is 10.1. The zero-order chi connectivity index (χ0) is 13.3. The smallest absolute Gasteiger partial charge is 0.0477 e. The first-order chi connectivity index (χ1) is 8.91. The Morgan fingerprint density at radius 1 is 0.722 bits per heavy atom. The predicted molar refractivity (Wildman–Crippen MR) is 78.6 cm³/mol. The summed E-state index contributed by atoms with van der Waals surface area (Å²) in [7, 11) is 0. The van der Waals surface area contributed by atoms with E-state index in [0.29, 0.717) is 13.2 Å². The van der Waals surface area contributed by atoms with Crippen LogP contribution in [0.5, 0.6) is 0 Å². The Kier molecular flexibility index (Phi) is 16.8. The van der Waals surface area contributed by atoms with Gasteiger partial charge in [0.15, 0.2) is 0 Å². The molecular formula is C15H32NO2-. The Bertz CT molecular complexity index is 126. The van der Waals surface area contributed by atoms with Crippen molar-refractivity contribution in [3.05, 3.63) is 5.21 Å². The molecule has 1 N–H and O–H groups in total. The number of unbranched alkanes of at least 4 members (excludes halogenated alkanes) is 9. The Labute approximate surface area is 113 Å². The molecule has 0 heterocycles. The van der Waals surface area contributed by atoms with E-state index in [9.17, 15) is 5.21 Å². The van der Waals surface area contributed by atoms with Crippen LogP contribution in [-0.4, -0.2) is 19.8 Å². The van der Waals surface area contributed by atoms with Crippen molar-refractivity contribution < 1.29 is 4.74 Å². The standard InChI is InChI=1S/C15H32NO2/c1-2-3-4-5-6-7-8-9-10-11-14-18-15-12-13-16-17/h16H,2-15H2,1H3/q-1. The Hall–Kier alpha value is -0.120. The lowest BCUT2D eigenvalue weighted by molar-refractivity contribution is 0.128. The third kappa shape index (κ3) is 15.9. The molecule has 0 fully saturated rings. The van der Waals surface area contributed by atoms with Crippen molar-refractivity contribution in [1.29, 1.82) is 0 Å². The minimum atomic E-state index is 0.512. The quantitative estimate of drug-likeness (QED) is 0.350. The van der Waals surface area contributed by atoms with E-state index in [1.54, 1.807) is 0 Å². The maximum atomic E-state index is 9.94. The Morgan fingerprint density at radius 3 is 1.78 bits per heavy atom. The van der Waals surface area contributed by atoms with Gasteiger partial charge in [-0.25, -0.2) is 0 Å². The molecule has 3 nitrogen and oxygen atoms in total. The van der Waals surface area contributed by atoms with Gasteiger partial charge in [0.05, 0.1) is 0 Å². The van der Waals surface area contributed by atoms with Crippen molar-refractivity contribution >= 4 is 0 Å². The highest BCUT2D eigenvalue weighted by atomic mass is 16.5. The van der Waals surface area contributed by atoms with Crippen LogP contribution in [0.3, 0.4) is 0 Å². The highest BCUT2D eigenvalue weighted by Gasteiger charge is 1.93. The van der Waals surface area contributed by atoms with Crippen LogP contribution < -0.4 is 5.48 Å². The highest BCUT2D eigenvalue weighted by molar-refractivity contribution is 4.48. The van der Waals surface area contributed by atoms with Crippen molar-refractivity contribution in [3.63, 3.8) is 0 Å². The number of nitrogens with one attached hydrogen (secondary N) is 1. The summed E-state index contributed by atoms with van der Waals surface area (Å²) in [5.41, 5.74) is 1.88. The molecule has 110 valence electrons. The first-order valence-corrected chi connectivity index (χ1v) is 7.84. The zero-order valence-electron chi connectivity index (χ0n) is 12.2. The van der Waals surface area contributed by atoms with Gasteiger partial charge in [-0.1, -0.05) is 64.7 Å². The summed E-state index contributed by atoms with van der Waals surface area (Å²) in [6.45, 7) is 4.35. The van der Waals surface area contributed by atoms with Gasteiger partial charge in [-0.15, -0.1) is 0 Å². The Balaban J connectivity index is 2.86. The van der Waals surface area contributed by atoms with Gasteiger partial charge in [-0.05, 0) is 19.4 Å². The fraction of sp³-hybridized carbons (Fsp3) is 1.00. The second-order valence-electron chi connectivity index (χ2n) is 5.04. The zero-order valence-corrected chi connectivity index (χ0v) is 12.2. The molecule has 0 aliphatic heterocycles. The predicted octanol–water partition coefficient (Wildman–Crippen LogP) is 4.40. The molecule has 0 aliphatic rings. The molecule has 0 radical (unpaired) electrons. The molecular weight excluding hydrogens is 226 g/mol. The van der Waals surface area contributed by atoms with Gasteiger partial charge < -0.3 is 15.4 Å². The third-order valence-electron chi connectivity index (χ3n) is 3.21. The monoisotopic (exact) mass is 258 g/mol. The first kappa shape index (κ1) is 17.9. The third-order valence-corrected chi connectivity index (χ3v) is 3.21. The van der Waals surface area contributed by atoms with Crippen LogP contribution >= 0.6 is 0 Å². The van der Waals surface area contributed by atoms with E-state index in [-0.39, 0.29) is 0 Å². The summed E-state index contributed by atoms with van der Waals surface area (Å²) < 4.78 is 5.43. The summed E-state index contributed by atoms with van der Waals surface area (Å²) in [5.74, 6) is 0. The van der Waals surface area contributed by atoms with E-state index in [0.717, 1.165) is 13.0 Å². The average molecular weight is 258 g/mol. The lowest BCUT2D eigenvalue weighted by Gasteiger charge is -2.07. The SMILES string of the molecule is CCCCCCCCCCCCOCCCN[O-]. The molecule has 18 heavy (non-hydrogen) atoms. The molecule has 0 atom stereocenters. The van der Waals surface area contributed by atoms with Crippen LogP contribution in [0.15, 0.2) is 0 Å². The normalized spacial score (nSPS) is 11.0. The van der Waals surface area contributed by atoms with Crippen molar-refractivity contribution in [3.8, 4) is 0 Å².